The minimum atomic E-state index is 0.739. The lowest BCUT2D eigenvalue weighted by atomic mass is 9.82. The van der Waals surface area contributed by atoms with E-state index in [1.54, 1.807) is 0 Å². The third kappa shape index (κ3) is 4.11. The van der Waals surface area contributed by atoms with E-state index in [9.17, 15) is 0 Å². The molecule has 1 fully saturated rings. The highest BCUT2D eigenvalue weighted by Crippen LogP contribution is 2.32. The summed E-state index contributed by atoms with van der Waals surface area (Å²) in [7, 11) is 0. The highest BCUT2D eigenvalue weighted by atomic mass is 14.9. The Morgan fingerprint density at radius 1 is 1.00 bits per heavy atom. The van der Waals surface area contributed by atoms with Gasteiger partial charge < -0.3 is 11.1 Å². The van der Waals surface area contributed by atoms with Crippen molar-refractivity contribution in [1.82, 2.24) is 5.32 Å². The highest BCUT2D eigenvalue weighted by Gasteiger charge is 2.21. The molecule has 0 aliphatic heterocycles. The Labute approximate surface area is 111 Å². The lowest BCUT2D eigenvalue weighted by Gasteiger charge is -2.29. The first-order valence-electron chi connectivity index (χ1n) is 7.38. The average Bonchev–Trinajstić information content (AvgIpc) is 2.45. The van der Waals surface area contributed by atoms with Crippen LogP contribution in [0.3, 0.4) is 0 Å². The van der Waals surface area contributed by atoms with Crippen molar-refractivity contribution >= 4 is 0 Å². The fraction of sp³-hybridized carbons (Fsp3) is 0.625. The van der Waals surface area contributed by atoms with Crippen LogP contribution in [0, 0.1) is 0 Å². The Morgan fingerprint density at radius 2 is 1.72 bits per heavy atom. The Balaban J connectivity index is 1.68. The molecule has 0 amide bonds. The summed E-state index contributed by atoms with van der Waals surface area (Å²) < 4.78 is 0. The maximum absolute atomic E-state index is 5.50. The zero-order chi connectivity index (χ0) is 12.6. The largest absolute Gasteiger partial charge is 0.330 e. The fourth-order valence-electron chi connectivity index (χ4n) is 2.93. The van der Waals surface area contributed by atoms with Crippen molar-refractivity contribution in [3.05, 3.63) is 35.9 Å². The number of hydrogen-bond acceptors (Lipinski definition) is 2. The summed E-state index contributed by atoms with van der Waals surface area (Å²) in [5.74, 6) is 0.785. The van der Waals surface area contributed by atoms with Crippen molar-refractivity contribution in [3.8, 4) is 0 Å². The molecule has 18 heavy (non-hydrogen) atoms. The van der Waals surface area contributed by atoms with Crippen LogP contribution >= 0.6 is 0 Å². The van der Waals surface area contributed by atoms with E-state index in [4.69, 9.17) is 5.73 Å². The van der Waals surface area contributed by atoms with Gasteiger partial charge in [0.2, 0.25) is 0 Å². The molecule has 2 nitrogen and oxygen atoms in total. The van der Waals surface area contributed by atoms with Crippen LogP contribution in [-0.4, -0.2) is 19.1 Å². The van der Waals surface area contributed by atoms with Crippen LogP contribution in [0.1, 0.15) is 50.0 Å². The quantitative estimate of drug-likeness (QED) is 0.757. The smallest absolute Gasteiger partial charge is 0.00674 e. The second-order valence-electron chi connectivity index (χ2n) is 5.41. The normalized spacial score (nSPS) is 24.1. The van der Waals surface area contributed by atoms with E-state index in [0.29, 0.717) is 0 Å². The first-order valence-corrected chi connectivity index (χ1v) is 7.38. The van der Waals surface area contributed by atoms with Crippen molar-refractivity contribution in [2.75, 3.05) is 13.1 Å². The molecule has 0 heterocycles. The maximum Gasteiger partial charge on any atom is 0.00674 e. The lowest BCUT2D eigenvalue weighted by molar-refractivity contribution is 0.341. The van der Waals surface area contributed by atoms with Crippen LogP contribution in [0.4, 0.5) is 0 Å². The molecule has 100 valence electrons. The van der Waals surface area contributed by atoms with E-state index >= 15 is 0 Å². The predicted molar refractivity (Wildman–Crippen MR) is 77.7 cm³/mol. The summed E-state index contributed by atoms with van der Waals surface area (Å²) in [5.41, 5.74) is 7.03. The third-order valence-corrected chi connectivity index (χ3v) is 4.06. The Hall–Kier alpha value is -0.860. The minimum Gasteiger partial charge on any atom is -0.330 e. The van der Waals surface area contributed by atoms with Crippen LogP contribution < -0.4 is 11.1 Å². The van der Waals surface area contributed by atoms with Crippen molar-refractivity contribution in [2.45, 2.75) is 50.5 Å². The molecule has 0 aromatic heterocycles. The summed E-state index contributed by atoms with van der Waals surface area (Å²) in [4.78, 5) is 0. The molecular weight excluding hydrogens is 220 g/mol. The van der Waals surface area contributed by atoms with Gasteiger partial charge in [-0.15, -0.1) is 0 Å². The summed E-state index contributed by atoms with van der Waals surface area (Å²) in [6.07, 6.45) is 7.67. The number of rotatable bonds is 6. The van der Waals surface area contributed by atoms with E-state index in [-0.39, 0.29) is 0 Å². The SMILES string of the molecule is NCCCCNC1CCC(c2ccccc2)CC1. The lowest BCUT2D eigenvalue weighted by Crippen LogP contribution is -2.33. The number of benzene rings is 1. The number of nitrogens with two attached hydrogens (primary N) is 1. The van der Waals surface area contributed by atoms with Crippen LogP contribution in [0.5, 0.6) is 0 Å². The van der Waals surface area contributed by atoms with Crippen LogP contribution in [0.15, 0.2) is 30.3 Å². The summed E-state index contributed by atoms with van der Waals surface area (Å²) in [5, 5.41) is 3.67. The van der Waals surface area contributed by atoms with Crippen molar-refractivity contribution in [3.63, 3.8) is 0 Å². The minimum absolute atomic E-state index is 0.739. The molecule has 0 unspecified atom stereocenters. The van der Waals surface area contributed by atoms with Gasteiger partial charge in [0, 0.05) is 6.04 Å². The average molecular weight is 246 g/mol. The van der Waals surface area contributed by atoms with Crippen LogP contribution in [0.25, 0.3) is 0 Å². The van der Waals surface area contributed by atoms with Gasteiger partial charge in [0.15, 0.2) is 0 Å². The predicted octanol–water partition coefficient (Wildman–Crippen LogP) is 3.04. The Kier molecular flexibility index (Phi) is 5.69. The molecule has 3 N–H and O–H groups in total. The van der Waals surface area contributed by atoms with Crippen molar-refractivity contribution < 1.29 is 0 Å². The standard InChI is InChI=1S/C16H26N2/c17-12-4-5-13-18-16-10-8-15(9-11-16)14-6-2-1-3-7-14/h1-3,6-7,15-16,18H,4-5,8-13,17H2. The second kappa shape index (κ2) is 7.55. The third-order valence-electron chi connectivity index (χ3n) is 4.06. The van der Waals surface area contributed by atoms with E-state index in [1.165, 1.54) is 37.7 Å². The number of nitrogens with one attached hydrogen (secondary N) is 1. The highest BCUT2D eigenvalue weighted by molar-refractivity contribution is 5.20. The summed E-state index contributed by atoms with van der Waals surface area (Å²) in [6, 6.07) is 11.7. The zero-order valence-corrected chi connectivity index (χ0v) is 11.3. The summed E-state index contributed by atoms with van der Waals surface area (Å²) in [6.45, 7) is 1.96. The molecular formula is C16H26N2. The second-order valence-corrected chi connectivity index (χ2v) is 5.41. The first kappa shape index (κ1) is 13.6. The molecule has 0 saturated heterocycles. The Bertz CT molecular complexity index is 315. The summed E-state index contributed by atoms with van der Waals surface area (Å²) >= 11 is 0. The Morgan fingerprint density at radius 3 is 2.39 bits per heavy atom. The van der Waals surface area contributed by atoms with Gasteiger partial charge in [-0.05, 0) is 63.1 Å². The van der Waals surface area contributed by atoms with Gasteiger partial charge in [-0.1, -0.05) is 30.3 Å². The molecule has 0 atom stereocenters. The molecule has 0 bridgehead atoms. The fourth-order valence-corrected chi connectivity index (χ4v) is 2.93. The van der Waals surface area contributed by atoms with Crippen LogP contribution in [0.2, 0.25) is 0 Å². The van der Waals surface area contributed by atoms with Gasteiger partial charge in [-0.2, -0.15) is 0 Å². The molecule has 1 aliphatic rings. The molecule has 2 rings (SSSR count). The van der Waals surface area contributed by atoms with E-state index in [1.807, 2.05) is 0 Å². The van der Waals surface area contributed by atoms with Gasteiger partial charge in [-0.3, -0.25) is 0 Å². The van der Waals surface area contributed by atoms with Gasteiger partial charge in [-0.25, -0.2) is 0 Å². The molecule has 2 heteroatoms. The van der Waals surface area contributed by atoms with Gasteiger partial charge in [0.05, 0.1) is 0 Å². The monoisotopic (exact) mass is 246 g/mol. The molecule has 1 aromatic rings. The number of hydrogen-bond donors (Lipinski definition) is 2. The molecule has 0 spiro atoms. The molecule has 1 aromatic carbocycles. The van der Waals surface area contributed by atoms with Gasteiger partial charge in [0.25, 0.3) is 0 Å². The first-order chi connectivity index (χ1) is 8.90. The van der Waals surface area contributed by atoms with Crippen LogP contribution in [-0.2, 0) is 0 Å². The molecule has 1 saturated carbocycles. The number of unbranched alkanes of at least 4 members (excludes halogenated alkanes) is 1. The topological polar surface area (TPSA) is 38.0 Å². The van der Waals surface area contributed by atoms with E-state index in [0.717, 1.165) is 31.5 Å². The van der Waals surface area contributed by atoms with E-state index < -0.39 is 0 Å². The van der Waals surface area contributed by atoms with E-state index in [2.05, 4.69) is 35.6 Å². The van der Waals surface area contributed by atoms with Gasteiger partial charge >= 0.3 is 0 Å². The molecule has 0 radical (unpaired) electrons. The van der Waals surface area contributed by atoms with Crippen molar-refractivity contribution in [2.24, 2.45) is 5.73 Å². The van der Waals surface area contributed by atoms with Crippen molar-refractivity contribution in [1.29, 1.82) is 0 Å². The maximum atomic E-state index is 5.50. The van der Waals surface area contributed by atoms with Gasteiger partial charge in [0.1, 0.15) is 0 Å². The molecule has 1 aliphatic carbocycles. The zero-order valence-electron chi connectivity index (χ0n) is 11.3.